The van der Waals surface area contributed by atoms with Crippen molar-refractivity contribution in [2.24, 2.45) is 0 Å². The van der Waals surface area contributed by atoms with Crippen LogP contribution in [-0.2, 0) is 13.0 Å². The molecule has 2 aliphatic rings. The molecule has 6 heteroatoms. The Labute approximate surface area is 198 Å². The van der Waals surface area contributed by atoms with Crippen LogP contribution >= 0.6 is 0 Å². The monoisotopic (exact) mass is 454 g/mol. The first-order chi connectivity index (χ1) is 16.7. The Morgan fingerprint density at radius 1 is 0.941 bits per heavy atom. The molecule has 0 aliphatic carbocycles. The summed E-state index contributed by atoms with van der Waals surface area (Å²) in [6, 6.07) is 13.8. The van der Waals surface area contributed by atoms with E-state index < -0.39 is 0 Å². The number of hydrogen-bond acceptors (Lipinski definition) is 3. The second-order valence-corrected chi connectivity index (χ2v) is 9.74. The summed E-state index contributed by atoms with van der Waals surface area (Å²) in [4.78, 5) is 36.6. The van der Waals surface area contributed by atoms with Crippen molar-refractivity contribution < 1.29 is 4.79 Å². The maximum Gasteiger partial charge on any atom is 0.261 e. The maximum absolute atomic E-state index is 13.3. The number of amides is 1. The second kappa shape index (κ2) is 8.75. The number of aryl methyl sites for hydroxylation is 1. The summed E-state index contributed by atoms with van der Waals surface area (Å²) in [5.74, 6) is 1.35. The van der Waals surface area contributed by atoms with Crippen molar-refractivity contribution in [1.82, 2.24) is 19.4 Å². The molecule has 1 amide bonds. The minimum Gasteiger partial charge on any atom is -0.361 e. The van der Waals surface area contributed by atoms with Crippen LogP contribution in [0.3, 0.4) is 0 Å². The number of hydrogen-bond donors (Lipinski definition) is 1. The van der Waals surface area contributed by atoms with E-state index in [1.165, 1.54) is 22.9 Å². The highest BCUT2D eigenvalue weighted by Crippen LogP contribution is 2.33. The van der Waals surface area contributed by atoms with Crippen molar-refractivity contribution >= 4 is 27.7 Å². The van der Waals surface area contributed by atoms with Gasteiger partial charge < -0.3 is 9.88 Å². The molecule has 1 fully saturated rings. The fourth-order valence-corrected chi connectivity index (χ4v) is 5.74. The predicted octanol–water partition coefficient (Wildman–Crippen LogP) is 5.01. The molecular weight excluding hydrogens is 424 g/mol. The standard InChI is InChI=1S/C28H30N4O2/c33-27(31-15-12-19(13-16-31)23-18-29-24-8-5-4-7-21(23)24)20-10-11-22-25(17-20)30-26-9-3-1-2-6-14-32(26)28(22)34/h4-5,7-8,10-11,17-19,29H,1-3,6,9,12-16H2. The summed E-state index contributed by atoms with van der Waals surface area (Å²) >= 11 is 0. The third kappa shape index (κ3) is 3.71. The number of rotatable bonds is 2. The van der Waals surface area contributed by atoms with Gasteiger partial charge in [0.2, 0.25) is 0 Å². The molecule has 0 atom stereocenters. The number of piperidine rings is 1. The molecule has 6 nitrogen and oxygen atoms in total. The number of aromatic amines is 1. The summed E-state index contributed by atoms with van der Waals surface area (Å²) in [6.45, 7) is 2.21. The van der Waals surface area contributed by atoms with Crippen LogP contribution in [-0.4, -0.2) is 38.4 Å². The molecule has 0 radical (unpaired) electrons. The highest BCUT2D eigenvalue weighted by molar-refractivity contribution is 5.97. The topological polar surface area (TPSA) is 71.0 Å². The van der Waals surface area contributed by atoms with Crippen molar-refractivity contribution in [1.29, 1.82) is 0 Å². The number of fused-ring (bicyclic) bond motifs is 3. The highest BCUT2D eigenvalue weighted by Gasteiger charge is 2.26. The smallest absolute Gasteiger partial charge is 0.261 e. The van der Waals surface area contributed by atoms with E-state index in [2.05, 4.69) is 35.4 Å². The first-order valence-corrected chi connectivity index (χ1v) is 12.6. The summed E-state index contributed by atoms with van der Waals surface area (Å²) in [7, 11) is 0. The van der Waals surface area contributed by atoms with Crippen LogP contribution in [0.1, 0.15) is 66.2 Å². The summed E-state index contributed by atoms with van der Waals surface area (Å²) in [5.41, 5.74) is 3.83. The molecule has 2 aromatic carbocycles. The first kappa shape index (κ1) is 21.1. The molecule has 34 heavy (non-hydrogen) atoms. The fourth-order valence-electron chi connectivity index (χ4n) is 5.74. The molecule has 4 aromatic rings. The van der Waals surface area contributed by atoms with E-state index in [0.717, 1.165) is 64.0 Å². The van der Waals surface area contributed by atoms with Crippen LogP contribution in [0, 0.1) is 0 Å². The third-order valence-corrected chi connectivity index (χ3v) is 7.66. The van der Waals surface area contributed by atoms with Gasteiger partial charge in [0.05, 0.1) is 10.9 Å². The van der Waals surface area contributed by atoms with Crippen LogP contribution in [0.2, 0.25) is 0 Å². The van der Waals surface area contributed by atoms with Crippen LogP contribution in [0.15, 0.2) is 53.5 Å². The number of likely N-dealkylation sites (tertiary alicyclic amines) is 1. The van der Waals surface area contributed by atoms with Crippen molar-refractivity contribution in [3.8, 4) is 0 Å². The molecule has 0 saturated carbocycles. The molecule has 174 valence electrons. The van der Waals surface area contributed by atoms with Gasteiger partial charge in [0.1, 0.15) is 5.82 Å². The zero-order valence-corrected chi connectivity index (χ0v) is 19.4. The van der Waals surface area contributed by atoms with Gasteiger partial charge >= 0.3 is 0 Å². The number of carbonyl (C=O) groups excluding carboxylic acids is 1. The molecule has 0 bridgehead atoms. The molecular formula is C28H30N4O2. The van der Waals surface area contributed by atoms with Gasteiger partial charge in [-0.25, -0.2) is 4.98 Å². The average Bonchev–Trinajstić information content (AvgIpc) is 3.29. The Hall–Kier alpha value is -3.41. The van der Waals surface area contributed by atoms with Crippen LogP contribution in [0.25, 0.3) is 21.8 Å². The van der Waals surface area contributed by atoms with Gasteiger partial charge in [-0.2, -0.15) is 0 Å². The first-order valence-electron chi connectivity index (χ1n) is 12.6. The van der Waals surface area contributed by atoms with Gasteiger partial charge in [-0.15, -0.1) is 0 Å². The molecule has 1 saturated heterocycles. The molecule has 0 unspecified atom stereocenters. The van der Waals surface area contributed by atoms with E-state index in [9.17, 15) is 9.59 Å². The fraction of sp³-hybridized carbons (Fsp3) is 0.393. The lowest BCUT2D eigenvalue weighted by atomic mass is 9.89. The number of para-hydroxylation sites is 1. The quantitative estimate of drug-likeness (QED) is 0.463. The van der Waals surface area contributed by atoms with Gasteiger partial charge in [0.15, 0.2) is 0 Å². The number of carbonyl (C=O) groups is 1. The van der Waals surface area contributed by atoms with E-state index >= 15 is 0 Å². The predicted molar refractivity (Wildman–Crippen MR) is 134 cm³/mol. The summed E-state index contributed by atoms with van der Waals surface area (Å²) in [6.07, 6.45) is 9.28. The minimum absolute atomic E-state index is 0.0282. The Morgan fingerprint density at radius 2 is 1.76 bits per heavy atom. The maximum atomic E-state index is 13.3. The number of H-pyrrole nitrogens is 1. The van der Waals surface area contributed by atoms with Crippen LogP contribution in [0.4, 0.5) is 0 Å². The minimum atomic E-state index is 0.0282. The molecule has 2 aliphatic heterocycles. The lowest BCUT2D eigenvalue weighted by molar-refractivity contribution is 0.0713. The average molecular weight is 455 g/mol. The zero-order valence-electron chi connectivity index (χ0n) is 19.4. The summed E-state index contributed by atoms with van der Waals surface area (Å²) in [5, 5.41) is 1.90. The number of nitrogens with zero attached hydrogens (tertiary/aromatic N) is 3. The Bertz CT molecular complexity index is 1430. The molecule has 6 rings (SSSR count). The molecule has 1 N–H and O–H groups in total. The largest absolute Gasteiger partial charge is 0.361 e. The van der Waals surface area contributed by atoms with E-state index in [4.69, 9.17) is 4.98 Å². The van der Waals surface area contributed by atoms with E-state index in [-0.39, 0.29) is 11.5 Å². The lowest BCUT2D eigenvalue weighted by Gasteiger charge is -2.32. The normalized spacial score (nSPS) is 17.5. The van der Waals surface area contributed by atoms with Gasteiger partial charge in [-0.3, -0.25) is 14.2 Å². The second-order valence-electron chi connectivity index (χ2n) is 9.74. The van der Waals surface area contributed by atoms with Crippen molar-refractivity contribution in [2.75, 3.05) is 13.1 Å². The van der Waals surface area contributed by atoms with E-state index in [1.54, 1.807) is 12.1 Å². The Morgan fingerprint density at radius 3 is 2.65 bits per heavy atom. The van der Waals surface area contributed by atoms with Gasteiger partial charge in [0, 0.05) is 48.7 Å². The van der Waals surface area contributed by atoms with E-state index in [1.807, 2.05) is 15.5 Å². The summed E-state index contributed by atoms with van der Waals surface area (Å²) < 4.78 is 1.85. The van der Waals surface area contributed by atoms with Crippen LogP contribution in [0.5, 0.6) is 0 Å². The van der Waals surface area contributed by atoms with Gasteiger partial charge in [-0.1, -0.05) is 31.0 Å². The number of aromatic nitrogens is 3. The Balaban J connectivity index is 1.22. The lowest BCUT2D eigenvalue weighted by Crippen LogP contribution is -2.38. The van der Waals surface area contributed by atoms with E-state index in [0.29, 0.717) is 22.4 Å². The SMILES string of the molecule is O=C(c1ccc2c(=O)n3c(nc2c1)CCCCCC3)N1CCC(c2c[nH]c3ccccc23)CC1. The van der Waals surface area contributed by atoms with Crippen LogP contribution < -0.4 is 5.56 Å². The van der Waals surface area contributed by atoms with Crippen molar-refractivity contribution in [3.05, 3.63) is 76.0 Å². The molecule has 0 spiro atoms. The molecule has 4 heterocycles. The van der Waals surface area contributed by atoms with Gasteiger partial charge in [0.25, 0.3) is 11.5 Å². The zero-order chi connectivity index (χ0) is 23.1. The molecule has 2 aromatic heterocycles. The number of nitrogens with one attached hydrogen (secondary N) is 1. The van der Waals surface area contributed by atoms with Crippen molar-refractivity contribution in [3.63, 3.8) is 0 Å². The van der Waals surface area contributed by atoms with Crippen molar-refractivity contribution in [2.45, 2.75) is 57.4 Å². The third-order valence-electron chi connectivity index (χ3n) is 7.66. The highest BCUT2D eigenvalue weighted by atomic mass is 16.2. The number of benzene rings is 2. The van der Waals surface area contributed by atoms with Gasteiger partial charge in [-0.05, 0) is 61.4 Å². The Kier molecular flexibility index (Phi) is 5.44.